The molecule has 3 rings (SSSR count). The summed E-state index contributed by atoms with van der Waals surface area (Å²) in [5, 5.41) is 12.4. The van der Waals surface area contributed by atoms with Crippen molar-refractivity contribution in [2.45, 2.75) is 31.7 Å². The second-order valence-corrected chi connectivity index (χ2v) is 5.65. The summed E-state index contributed by atoms with van der Waals surface area (Å²) in [5.41, 5.74) is 3.23. The summed E-state index contributed by atoms with van der Waals surface area (Å²) in [4.78, 5) is 0. The predicted octanol–water partition coefficient (Wildman–Crippen LogP) is 3.32. The number of benzene rings is 1. The van der Waals surface area contributed by atoms with Crippen LogP contribution in [0.2, 0.25) is 0 Å². The minimum absolute atomic E-state index is 0.0177. The predicted molar refractivity (Wildman–Crippen MR) is 71.9 cm³/mol. The number of nitrogens with zero attached hydrogens (tertiary/aromatic N) is 1. The molecule has 2 heteroatoms. The molecule has 1 aromatic carbocycles. The van der Waals surface area contributed by atoms with Crippen molar-refractivity contribution >= 4 is 0 Å². The standard InChI is InChI=1S/C16H18N2/c1-12-8-16(9-12)6-7-18-15(10-16)14-4-2-13(11-17)3-5-14/h2-5,15,18H,1,6-10H2/t15-/m0/s1/i1D2. The van der Waals surface area contributed by atoms with Gasteiger partial charge < -0.3 is 5.32 Å². The molecule has 0 aromatic heterocycles. The van der Waals surface area contributed by atoms with E-state index in [1.165, 1.54) is 5.56 Å². The Balaban J connectivity index is 1.73. The number of piperidine rings is 1. The van der Waals surface area contributed by atoms with Crippen LogP contribution in [0.3, 0.4) is 0 Å². The molecule has 1 saturated carbocycles. The highest BCUT2D eigenvalue weighted by Gasteiger charge is 2.43. The lowest BCUT2D eigenvalue weighted by Gasteiger charge is -2.49. The van der Waals surface area contributed by atoms with Gasteiger partial charge in [0.2, 0.25) is 0 Å². The Labute approximate surface area is 111 Å². The third-order valence-corrected chi connectivity index (χ3v) is 4.30. The Bertz CT molecular complexity index is 571. The monoisotopic (exact) mass is 240 g/mol. The number of hydrogen-bond acceptors (Lipinski definition) is 2. The lowest BCUT2D eigenvalue weighted by Crippen LogP contribution is -2.43. The minimum Gasteiger partial charge on any atom is -0.310 e. The minimum atomic E-state index is 0.0177. The molecule has 1 N–H and O–H groups in total. The maximum atomic E-state index is 8.84. The fourth-order valence-corrected chi connectivity index (χ4v) is 3.32. The zero-order valence-corrected chi connectivity index (χ0v) is 10.4. The Morgan fingerprint density at radius 2 is 2.17 bits per heavy atom. The number of nitriles is 1. The summed E-state index contributed by atoms with van der Waals surface area (Å²) in [6.07, 6.45) is 4.04. The van der Waals surface area contributed by atoms with Crippen molar-refractivity contribution in [2.24, 2.45) is 5.41 Å². The van der Waals surface area contributed by atoms with Gasteiger partial charge in [-0.3, -0.25) is 0 Å². The fraction of sp³-hybridized carbons (Fsp3) is 0.438. The first-order chi connectivity index (χ1) is 9.62. The Kier molecular flexibility index (Phi) is 2.21. The summed E-state index contributed by atoms with van der Waals surface area (Å²) in [7, 11) is 0. The highest BCUT2D eigenvalue weighted by Crippen LogP contribution is 2.53. The molecule has 0 bridgehead atoms. The lowest BCUT2D eigenvalue weighted by atomic mass is 9.59. The summed E-state index contributed by atoms with van der Waals surface area (Å²) in [5.74, 6) is 0. The van der Waals surface area contributed by atoms with E-state index in [1.807, 2.05) is 24.3 Å². The molecule has 2 nitrogen and oxygen atoms in total. The first-order valence-electron chi connectivity index (χ1n) is 7.51. The first-order valence-corrected chi connectivity index (χ1v) is 6.51. The van der Waals surface area contributed by atoms with Gasteiger partial charge in [0.15, 0.2) is 0 Å². The summed E-state index contributed by atoms with van der Waals surface area (Å²) < 4.78 is 14.8. The van der Waals surface area contributed by atoms with Crippen LogP contribution in [0.4, 0.5) is 0 Å². The highest BCUT2D eigenvalue weighted by molar-refractivity contribution is 5.33. The third-order valence-electron chi connectivity index (χ3n) is 4.30. The molecule has 2 fully saturated rings. The quantitative estimate of drug-likeness (QED) is 0.764. The third kappa shape index (κ3) is 1.95. The van der Waals surface area contributed by atoms with Gasteiger partial charge >= 0.3 is 0 Å². The second kappa shape index (κ2) is 4.26. The average Bonchev–Trinajstić information content (AvgIpc) is 2.44. The first kappa shape index (κ1) is 9.35. The molecule has 1 saturated heterocycles. The van der Waals surface area contributed by atoms with Gasteiger partial charge in [0.25, 0.3) is 0 Å². The SMILES string of the molecule is [2H]C([2H])=C1CC2(CCN[C@H](c3ccc(C#N)cc3)C2)C1. The molecule has 92 valence electrons. The van der Waals surface area contributed by atoms with Gasteiger partial charge in [-0.05, 0) is 55.3 Å². The van der Waals surface area contributed by atoms with Crippen LogP contribution in [0.5, 0.6) is 0 Å². The van der Waals surface area contributed by atoms with E-state index >= 15 is 0 Å². The maximum Gasteiger partial charge on any atom is 0.0991 e. The Morgan fingerprint density at radius 1 is 1.39 bits per heavy atom. The van der Waals surface area contributed by atoms with E-state index in [2.05, 4.69) is 11.4 Å². The Hall–Kier alpha value is -1.59. The molecule has 18 heavy (non-hydrogen) atoms. The number of allylic oxidation sites excluding steroid dienone is 1. The molecular weight excluding hydrogens is 220 g/mol. The normalized spacial score (nSPS) is 26.8. The van der Waals surface area contributed by atoms with Crippen LogP contribution < -0.4 is 5.32 Å². The van der Waals surface area contributed by atoms with Crippen LogP contribution in [0.1, 0.15) is 45.6 Å². The average molecular weight is 240 g/mol. The zero-order chi connectivity index (χ0) is 14.2. The van der Waals surface area contributed by atoms with Crippen LogP contribution in [-0.4, -0.2) is 6.54 Å². The van der Waals surface area contributed by atoms with Gasteiger partial charge in [0.05, 0.1) is 14.4 Å². The summed E-state index contributed by atoms with van der Waals surface area (Å²) in [6, 6.07) is 10.3. The number of nitrogens with one attached hydrogen (secondary N) is 1. The van der Waals surface area contributed by atoms with Crippen LogP contribution >= 0.6 is 0 Å². The maximum absolute atomic E-state index is 8.84. The van der Waals surface area contributed by atoms with Crippen LogP contribution in [0, 0.1) is 16.7 Å². The van der Waals surface area contributed by atoms with Gasteiger partial charge in [0, 0.05) is 6.04 Å². The number of hydrogen-bond donors (Lipinski definition) is 1. The largest absolute Gasteiger partial charge is 0.310 e. The lowest BCUT2D eigenvalue weighted by molar-refractivity contribution is 0.112. The van der Waals surface area contributed by atoms with Gasteiger partial charge in [-0.2, -0.15) is 5.26 Å². The summed E-state index contributed by atoms with van der Waals surface area (Å²) in [6.45, 7) is 1.01. The highest BCUT2D eigenvalue weighted by atomic mass is 14.9. The van der Waals surface area contributed by atoms with E-state index in [0.717, 1.165) is 37.8 Å². The van der Waals surface area contributed by atoms with E-state index in [1.54, 1.807) is 0 Å². The number of rotatable bonds is 1. The van der Waals surface area contributed by atoms with Crippen molar-refractivity contribution in [3.05, 3.63) is 47.5 Å². The van der Waals surface area contributed by atoms with E-state index in [4.69, 9.17) is 8.00 Å². The fourth-order valence-electron chi connectivity index (χ4n) is 3.32. The van der Waals surface area contributed by atoms with E-state index < -0.39 is 0 Å². The molecule has 1 spiro atoms. The molecule has 0 amide bonds. The van der Waals surface area contributed by atoms with Crippen molar-refractivity contribution < 1.29 is 2.74 Å². The van der Waals surface area contributed by atoms with Gasteiger partial charge in [-0.1, -0.05) is 24.2 Å². The van der Waals surface area contributed by atoms with Crippen molar-refractivity contribution in [3.63, 3.8) is 0 Å². The van der Waals surface area contributed by atoms with E-state index in [0.29, 0.717) is 17.0 Å². The Morgan fingerprint density at radius 3 is 2.83 bits per heavy atom. The van der Waals surface area contributed by atoms with Crippen molar-refractivity contribution in [2.75, 3.05) is 6.54 Å². The van der Waals surface area contributed by atoms with Gasteiger partial charge in [0.1, 0.15) is 0 Å². The molecule has 1 aliphatic carbocycles. The van der Waals surface area contributed by atoms with Crippen LogP contribution in [0.15, 0.2) is 36.4 Å². The molecule has 0 radical (unpaired) electrons. The van der Waals surface area contributed by atoms with Crippen molar-refractivity contribution in [1.29, 1.82) is 5.26 Å². The second-order valence-electron chi connectivity index (χ2n) is 5.65. The van der Waals surface area contributed by atoms with E-state index in [-0.39, 0.29) is 6.53 Å². The van der Waals surface area contributed by atoms with Gasteiger partial charge in [-0.15, -0.1) is 0 Å². The summed E-state index contributed by atoms with van der Waals surface area (Å²) >= 11 is 0. The van der Waals surface area contributed by atoms with E-state index in [9.17, 15) is 0 Å². The topological polar surface area (TPSA) is 35.8 Å². The molecule has 1 aliphatic heterocycles. The van der Waals surface area contributed by atoms with Crippen molar-refractivity contribution in [3.8, 4) is 6.07 Å². The molecule has 1 heterocycles. The smallest absolute Gasteiger partial charge is 0.0991 e. The van der Waals surface area contributed by atoms with Gasteiger partial charge in [-0.25, -0.2) is 0 Å². The van der Waals surface area contributed by atoms with Crippen LogP contribution in [0.25, 0.3) is 0 Å². The molecule has 1 atom stereocenters. The van der Waals surface area contributed by atoms with Crippen LogP contribution in [-0.2, 0) is 0 Å². The molecular formula is C16H18N2. The zero-order valence-electron chi connectivity index (χ0n) is 12.4. The molecule has 1 aromatic rings. The molecule has 0 unspecified atom stereocenters. The van der Waals surface area contributed by atoms with Crippen molar-refractivity contribution in [1.82, 2.24) is 5.32 Å². The molecule has 2 aliphatic rings.